The molecule has 0 radical (unpaired) electrons. The molecule has 7 nitrogen and oxygen atoms in total. The summed E-state index contributed by atoms with van der Waals surface area (Å²) < 4.78 is 1.63. The molecule has 2 N–H and O–H groups in total. The number of aromatic nitrogens is 2. The topological polar surface area (TPSA) is 93.1 Å². The number of hydrogen-bond acceptors (Lipinski definition) is 6. The van der Waals surface area contributed by atoms with E-state index in [9.17, 15) is 14.4 Å². The van der Waals surface area contributed by atoms with Gasteiger partial charge in [-0.2, -0.15) is 0 Å². The minimum absolute atomic E-state index is 0.0195. The second-order valence-electron chi connectivity index (χ2n) is 7.56. The van der Waals surface area contributed by atoms with Crippen LogP contribution in [0.1, 0.15) is 43.6 Å². The maximum absolute atomic E-state index is 13.1. The van der Waals surface area contributed by atoms with Gasteiger partial charge in [0.1, 0.15) is 4.83 Å². The predicted octanol–water partition coefficient (Wildman–Crippen LogP) is 2.68. The molecule has 1 atom stereocenters. The molecule has 0 unspecified atom stereocenters. The summed E-state index contributed by atoms with van der Waals surface area (Å²) in [6.45, 7) is 4.64. The van der Waals surface area contributed by atoms with Gasteiger partial charge in [0.15, 0.2) is 5.16 Å². The van der Waals surface area contributed by atoms with Crippen LogP contribution in [0, 0.1) is 5.92 Å². The fraction of sp³-hybridized carbons (Fsp3) is 0.579. The molecule has 150 valence electrons. The summed E-state index contributed by atoms with van der Waals surface area (Å²) in [5, 5.41) is 6.34. The molecule has 0 spiro atoms. The van der Waals surface area contributed by atoms with Crippen LogP contribution in [-0.2, 0) is 24.2 Å². The number of nitrogens with one attached hydrogen (secondary N) is 2. The highest BCUT2D eigenvalue weighted by molar-refractivity contribution is 7.99. The minimum atomic E-state index is -0.454. The number of thioether (sulfide) groups is 1. The number of carbonyl (C=O) groups excluding carboxylic acids is 2. The van der Waals surface area contributed by atoms with Crippen molar-refractivity contribution < 1.29 is 9.59 Å². The summed E-state index contributed by atoms with van der Waals surface area (Å²) in [4.78, 5) is 43.6. The summed E-state index contributed by atoms with van der Waals surface area (Å²) in [5.74, 6) is 0.283. The molecule has 2 aliphatic rings. The summed E-state index contributed by atoms with van der Waals surface area (Å²) in [7, 11) is 0. The van der Waals surface area contributed by atoms with Crippen molar-refractivity contribution in [3.05, 3.63) is 20.8 Å². The van der Waals surface area contributed by atoms with Crippen LogP contribution in [0.2, 0.25) is 0 Å². The lowest BCUT2D eigenvalue weighted by atomic mass is 9.89. The molecule has 0 saturated heterocycles. The number of amides is 3. The average molecular weight is 421 g/mol. The Hall–Kier alpha value is -1.87. The number of thiophene rings is 1. The van der Waals surface area contributed by atoms with Gasteiger partial charge in [0, 0.05) is 17.5 Å². The Morgan fingerprint density at radius 3 is 2.82 bits per heavy atom. The number of aryl methyl sites for hydroxylation is 1. The molecular weight excluding hydrogens is 396 g/mol. The molecular formula is C19H24N4O3S2. The van der Waals surface area contributed by atoms with Crippen LogP contribution in [0.25, 0.3) is 10.2 Å². The van der Waals surface area contributed by atoms with Gasteiger partial charge in [0.05, 0.1) is 11.1 Å². The van der Waals surface area contributed by atoms with E-state index in [-0.39, 0.29) is 23.3 Å². The molecule has 9 heteroatoms. The van der Waals surface area contributed by atoms with Crippen molar-refractivity contribution in [2.75, 3.05) is 5.75 Å². The predicted molar refractivity (Wildman–Crippen MR) is 111 cm³/mol. The Balaban J connectivity index is 1.54. The fourth-order valence-electron chi connectivity index (χ4n) is 3.54. The number of rotatable bonds is 5. The third-order valence-corrected chi connectivity index (χ3v) is 7.32. The highest BCUT2D eigenvalue weighted by Gasteiger charge is 2.26. The summed E-state index contributed by atoms with van der Waals surface area (Å²) in [6, 6.07) is -0.258. The maximum Gasteiger partial charge on any atom is 0.321 e. The highest BCUT2D eigenvalue weighted by atomic mass is 32.2. The molecule has 0 bridgehead atoms. The molecule has 0 aromatic carbocycles. The molecule has 28 heavy (non-hydrogen) atoms. The standard InChI is InChI=1S/C19H24N4O3S2/c1-3-23-17(25)15-12-7-4-10(2)8-13(12)28-16(15)22-19(23)27-9-14(24)21-18(26)20-11-5-6-11/h10-11H,3-9H2,1-2H3,(H2,20,21,24,26)/t10-/m1/s1. The van der Waals surface area contributed by atoms with Gasteiger partial charge in [-0.25, -0.2) is 9.78 Å². The van der Waals surface area contributed by atoms with Crippen LogP contribution >= 0.6 is 23.1 Å². The average Bonchev–Trinajstić information content (AvgIpc) is 3.37. The van der Waals surface area contributed by atoms with E-state index in [1.807, 2.05) is 6.92 Å². The van der Waals surface area contributed by atoms with Gasteiger partial charge in [-0.3, -0.25) is 19.5 Å². The third kappa shape index (κ3) is 3.96. The second kappa shape index (κ2) is 7.87. The Labute approximate surface area is 171 Å². The molecule has 2 aromatic rings. The third-order valence-electron chi connectivity index (χ3n) is 5.19. The van der Waals surface area contributed by atoms with E-state index >= 15 is 0 Å². The first-order valence-electron chi connectivity index (χ1n) is 9.74. The van der Waals surface area contributed by atoms with E-state index in [2.05, 4.69) is 17.6 Å². The molecule has 1 fully saturated rings. The first-order chi connectivity index (χ1) is 13.5. The van der Waals surface area contributed by atoms with E-state index in [1.54, 1.807) is 15.9 Å². The van der Waals surface area contributed by atoms with Gasteiger partial charge in [-0.15, -0.1) is 11.3 Å². The Bertz CT molecular complexity index is 993. The number of carbonyl (C=O) groups is 2. The van der Waals surface area contributed by atoms with Gasteiger partial charge in [0.2, 0.25) is 5.91 Å². The van der Waals surface area contributed by atoms with Crippen molar-refractivity contribution in [1.29, 1.82) is 0 Å². The fourth-order valence-corrected chi connectivity index (χ4v) is 5.82. The van der Waals surface area contributed by atoms with E-state index in [0.29, 0.717) is 17.6 Å². The maximum atomic E-state index is 13.1. The first kappa shape index (κ1) is 19.4. The number of nitrogens with zero attached hydrogens (tertiary/aromatic N) is 2. The Morgan fingerprint density at radius 2 is 2.11 bits per heavy atom. The van der Waals surface area contributed by atoms with Crippen molar-refractivity contribution in [2.24, 2.45) is 5.92 Å². The summed E-state index contributed by atoms with van der Waals surface area (Å²) in [6.07, 6.45) is 4.97. The zero-order chi connectivity index (χ0) is 19.8. The number of urea groups is 1. The molecule has 2 aromatic heterocycles. The van der Waals surface area contributed by atoms with E-state index in [1.165, 1.54) is 22.2 Å². The molecule has 1 saturated carbocycles. The van der Waals surface area contributed by atoms with Crippen molar-refractivity contribution >= 4 is 45.3 Å². The molecule has 3 amide bonds. The van der Waals surface area contributed by atoms with Gasteiger partial charge in [0.25, 0.3) is 5.56 Å². The van der Waals surface area contributed by atoms with Crippen LogP contribution in [0.4, 0.5) is 4.79 Å². The molecule has 2 heterocycles. The smallest absolute Gasteiger partial charge is 0.321 e. The second-order valence-corrected chi connectivity index (χ2v) is 9.59. The van der Waals surface area contributed by atoms with Crippen molar-refractivity contribution in [2.45, 2.75) is 63.7 Å². The van der Waals surface area contributed by atoms with Crippen molar-refractivity contribution in [1.82, 2.24) is 20.2 Å². The SMILES string of the molecule is CCn1c(SCC(=O)NC(=O)NC2CC2)nc2sc3c(c2c1=O)CC[C@@H](C)C3. The largest absolute Gasteiger partial charge is 0.335 e. The first-order valence-corrected chi connectivity index (χ1v) is 11.5. The van der Waals surface area contributed by atoms with Crippen LogP contribution in [0.15, 0.2) is 9.95 Å². The monoisotopic (exact) mass is 420 g/mol. The minimum Gasteiger partial charge on any atom is -0.335 e. The van der Waals surface area contributed by atoms with Gasteiger partial charge < -0.3 is 5.32 Å². The van der Waals surface area contributed by atoms with Gasteiger partial charge in [-0.1, -0.05) is 18.7 Å². The molecule has 4 rings (SSSR count). The lowest BCUT2D eigenvalue weighted by Crippen LogP contribution is -2.41. The zero-order valence-corrected chi connectivity index (χ0v) is 17.7. The van der Waals surface area contributed by atoms with E-state index < -0.39 is 6.03 Å². The van der Waals surface area contributed by atoms with Crippen molar-refractivity contribution in [3.63, 3.8) is 0 Å². The Kier molecular flexibility index (Phi) is 5.46. The highest BCUT2D eigenvalue weighted by Crippen LogP contribution is 2.36. The summed E-state index contributed by atoms with van der Waals surface area (Å²) >= 11 is 2.81. The number of fused-ring (bicyclic) bond motifs is 3. The quantitative estimate of drug-likeness (QED) is 0.573. The lowest BCUT2D eigenvalue weighted by Gasteiger charge is -2.17. The molecule has 0 aliphatic heterocycles. The van der Waals surface area contributed by atoms with Crippen LogP contribution < -0.4 is 16.2 Å². The zero-order valence-electron chi connectivity index (χ0n) is 16.0. The van der Waals surface area contributed by atoms with Gasteiger partial charge >= 0.3 is 6.03 Å². The van der Waals surface area contributed by atoms with Gasteiger partial charge in [-0.05, 0) is 50.5 Å². The number of hydrogen-bond donors (Lipinski definition) is 2. The van der Waals surface area contributed by atoms with Crippen LogP contribution in [0.3, 0.4) is 0 Å². The van der Waals surface area contributed by atoms with Crippen LogP contribution in [-0.4, -0.2) is 33.3 Å². The summed E-state index contributed by atoms with van der Waals surface area (Å²) in [5.41, 5.74) is 1.15. The van der Waals surface area contributed by atoms with E-state index in [0.717, 1.165) is 42.3 Å². The normalized spacial score (nSPS) is 18.7. The van der Waals surface area contributed by atoms with E-state index in [4.69, 9.17) is 4.98 Å². The van der Waals surface area contributed by atoms with Crippen LogP contribution in [0.5, 0.6) is 0 Å². The molecule has 2 aliphatic carbocycles. The Morgan fingerprint density at radius 1 is 1.32 bits per heavy atom. The number of imide groups is 1. The van der Waals surface area contributed by atoms with Crippen molar-refractivity contribution in [3.8, 4) is 0 Å². The lowest BCUT2D eigenvalue weighted by molar-refractivity contribution is -0.117.